The number of aromatic hydroxyl groups is 1. The van der Waals surface area contributed by atoms with Crippen LogP contribution in [0.25, 0.3) is 11.0 Å². The zero-order valence-electron chi connectivity index (χ0n) is 15.3. The molecule has 0 amide bonds. The quantitative estimate of drug-likeness (QED) is 0.653. The number of hydrogen-bond acceptors (Lipinski definition) is 6. The number of aryl methyl sites for hydroxylation is 1. The molecule has 6 nitrogen and oxygen atoms in total. The molecule has 0 radical (unpaired) electrons. The first-order chi connectivity index (χ1) is 12.5. The molecule has 1 fully saturated rings. The number of fused-ring (bicyclic) bond motifs is 1. The van der Waals surface area contributed by atoms with Crippen LogP contribution < -0.4 is 5.63 Å². The van der Waals surface area contributed by atoms with Gasteiger partial charge in [0.1, 0.15) is 11.3 Å². The Hall–Kier alpha value is -2.34. The normalized spacial score (nSPS) is 18.2. The van der Waals surface area contributed by atoms with Crippen LogP contribution in [0.5, 0.6) is 5.75 Å². The summed E-state index contributed by atoms with van der Waals surface area (Å²) in [5.41, 5.74) is 1.63. The third kappa shape index (κ3) is 3.90. The minimum Gasteiger partial charge on any atom is -0.508 e. The SMILES string of the molecule is CCOC(=O)[C@H]1CCCN(Cc2cc(=O)oc3cc(O)c(CC)cc23)C1. The Balaban J connectivity index is 1.88. The van der Waals surface area contributed by atoms with E-state index in [2.05, 4.69) is 4.90 Å². The highest BCUT2D eigenvalue weighted by molar-refractivity contribution is 5.82. The van der Waals surface area contributed by atoms with Crippen molar-refractivity contribution in [3.63, 3.8) is 0 Å². The highest BCUT2D eigenvalue weighted by Gasteiger charge is 2.27. The van der Waals surface area contributed by atoms with Gasteiger partial charge >= 0.3 is 11.6 Å². The lowest BCUT2D eigenvalue weighted by atomic mass is 9.97. The second-order valence-electron chi connectivity index (χ2n) is 6.75. The Morgan fingerprint density at radius 3 is 2.85 bits per heavy atom. The van der Waals surface area contributed by atoms with Gasteiger partial charge in [-0.05, 0) is 49.9 Å². The number of piperidine rings is 1. The molecular weight excluding hydrogens is 334 g/mol. The van der Waals surface area contributed by atoms with Gasteiger partial charge in [-0.25, -0.2) is 4.79 Å². The molecule has 1 saturated heterocycles. The first-order valence-electron chi connectivity index (χ1n) is 9.19. The summed E-state index contributed by atoms with van der Waals surface area (Å²) in [6.07, 6.45) is 2.44. The Labute approximate surface area is 152 Å². The maximum Gasteiger partial charge on any atom is 0.336 e. The second kappa shape index (κ2) is 7.91. The van der Waals surface area contributed by atoms with E-state index in [0.29, 0.717) is 31.7 Å². The summed E-state index contributed by atoms with van der Waals surface area (Å²) in [5, 5.41) is 10.9. The molecule has 1 aromatic carbocycles. The summed E-state index contributed by atoms with van der Waals surface area (Å²) < 4.78 is 10.4. The molecular formula is C20H25NO5. The molecule has 2 aromatic rings. The monoisotopic (exact) mass is 359 g/mol. The minimum atomic E-state index is -0.435. The predicted octanol–water partition coefficient (Wildman–Crippen LogP) is 2.84. The van der Waals surface area contributed by atoms with Gasteiger partial charge < -0.3 is 14.3 Å². The average molecular weight is 359 g/mol. The summed E-state index contributed by atoms with van der Waals surface area (Å²) in [7, 11) is 0. The Bertz CT molecular complexity index is 857. The van der Waals surface area contributed by atoms with Crippen LogP contribution in [-0.4, -0.2) is 35.7 Å². The van der Waals surface area contributed by atoms with Gasteiger partial charge in [-0.15, -0.1) is 0 Å². The number of benzene rings is 1. The van der Waals surface area contributed by atoms with E-state index in [4.69, 9.17) is 9.15 Å². The number of nitrogens with zero attached hydrogens (tertiary/aromatic N) is 1. The van der Waals surface area contributed by atoms with Crippen molar-refractivity contribution in [2.75, 3.05) is 19.7 Å². The third-order valence-corrected chi connectivity index (χ3v) is 4.93. The van der Waals surface area contributed by atoms with Gasteiger partial charge in [0.05, 0.1) is 12.5 Å². The highest BCUT2D eigenvalue weighted by atomic mass is 16.5. The fourth-order valence-corrected chi connectivity index (χ4v) is 3.61. The molecule has 1 aromatic heterocycles. The fourth-order valence-electron chi connectivity index (χ4n) is 3.61. The van der Waals surface area contributed by atoms with Crippen LogP contribution >= 0.6 is 0 Å². The van der Waals surface area contributed by atoms with Crippen LogP contribution in [0.1, 0.15) is 37.8 Å². The van der Waals surface area contributed by atoms with Crippen molar-refractivity contribution in [1.82, 2.24) is 4.90 Å². The van der Waals surface area contributed by atoms with E-state index in [1.807, 2.05) is 19.9 Å². The van der Waals surface area contributed by atoms with E-state index in [-0.39, 0.29) is 17.6 Å². The maximum atomic E-state index is 12.0. The van der Waals surface area contributed by atoms with Crippen LogP contribution in [0, 0.1) is 5.92 Å². The molecule has 2 heterocycles. The molecule has 0 saturated carbocycles. The summed E-state index contributed by atoms with van der Waals surface area (Å²) in [6, 6.07) is 4.90. The molecule has 26 heavy (non-hydrogen) atoms. The van der Waals surface area contributed by atoms with E-state index in [0.717, 1.165) is 35.9 Å². The number of carbonyl (C=O) groups is 1. The van der Waals surface area contributed by atoms with E-state index in [1.54, 1.807) is 0 Å². The molecule has 0 unspecified atom stereocenters. The summed E-state index contributed by atoms with van der Waals surface area (Å²) >= 11 is 0. The molecule has 3 rings (SSSR count). The number of hydrogen-bond donors (Lipinski definition) is 1. The smallest absolute Gasteiger partial charge is 0.336 e. The zero-order chi connectivity index (χ0) is 18.7. The number of esters is 1. The van der Waals surface area contributed by atoms with Crippen LogP contribution in [0.4, 0.5) is 0 Å². The van der Waals surface area contributed by atoms with Gasteiger partial charge in [-0.1, -0.05) is 6.92 Å². The molecule has 1 aliphatic heterocycles. The molecule has 1 atom stereocenters. The zero-order valence-corrected chi connectivity index (χ0v) is 15.3. The van der Waals surface area contributed by atoms with Crippen molar-refractivity contribution in [2.45, 2.75) is 39.7 Å². The topological polar surface area (TPSA) is 80.0 Å². The number of ether oxygens (including phenoxy) is 1. The number of likely N-dealkylation sites (tertiary alicyclic amines) is 1. The summed E-state index contributed by atoms with van der Waals surface area (Å²) in [4.78, 5) is 26.1. The standard InChI is InChI=1S/C20H25NO5/c1-3-13-8-16-15(9-19(23)26-18(16)10-17(13)22)12-21-7-5-6-14(11-21)20(24)25-4-2/h8-10,14,22H,3-7,11-12H2,1-2H3/t14-/m0/s1. The van der Waals surface area contributed by atoms with Crippen LogP contribution in [0.3, 0.4) is 0 Å². The molecule has 140 valence electrons. The van der Waals surface area contributed by atoms with Gasteiger partial charge in [0.2, 0.25) is 0 Å². The molecule has 6 heteroatoms. The van der Waals surface area contributed by atoms with Crippen LogP contribution in [-0.2, 0) is 22.5 Å². The van der Waals surface area contributed by atoms with Gasteiger partial charge in [-0.2, -0.15) is 0 Å². The van der Waals surface area contributed by atoms with E-state index < -0.39 is 5.63 Å². The lowest BCUT2D eigenvalue weighted by Gasteiger charge is -2.31. The van der Waals surface area contributed by atoms with Crippen LogP contribution in [0.15, 0.2) is 27.4 Å². The number of rotatable bonds is 5. The molecule has 0 bridgehead atoms. The van der Waals surface area contributed by atoms with E-state index in [9.17, 15) is 14.7 Å². The van der Waals surface area contributed by atoms with Gasteiger partial charge in [0.15, 0.2) is 0 Å². The van der Waals surface area contributed by atoms with Crippen molar-refractivity contribution in [2.24, 2.45) is 5.92 Å². The van der Waals surface area contributed by atoms with E-state index in [1.165, 1.54) is 12.1 Å². The first kappa shape index (κ1) is 18.5. The van der Waals surface area contributed by atoms with Gasteiger partial charge in [-0.3, -0.25) is 9.69 Å². The maximum absolute atomic E-state index is 12.0. The Morgan fingerprint density at radius 1 is 1.31 bits per heavy atom. The van der Waals surface area contributed by atoms with Crippen molar-refractivity contribution in [3.05, 3.63) is 39.7 Å². The largest absolute Gasteiger partial charge is 0.508 e. The van der Waals surface area contributed by atoms with Crippen LogP contribution in [0.2, 0.25) is 0 Å². The van der Waals surface area contributed by atoms with Crippen molar-refractivity contribution >= 4 is 16.9 Å². The lowest BCUT2D eigenvalue weighted by Crippen LogP contribution is -2.39. The molecule has 0 aliphatic carbocycles. The van der Waals surface area contributed by atoms with Crippen molar-refractivity contribution in [3.8, 4) is 5.75 Å². The number of phenols is 1. The van der Waals surface area contributed by atoms with Gasteiger partial charge in [0.25, 0.3) is 0 Å². The molecule has 0 spiro atoms. The Morgan fingerprint density at radius 2 is 2.12 bits per heavy atom. The summed E-state index contributed by atoms with van der Waals surface area (Å²) in [6.45, 7) is 6.23. The lowest BCUT2D eigenvalue weighted by molar-refractivity contribution is -0.150. The Kier molecular flexibility index (Phi) is 5.61. The number of carbonyl (C=O) groups excluding carboxylic acids is 1. The second-order valence-corrected chi connectivity index (χ2v) is 6.75. The fraction of sp³-hybridized carbons (Fsp3) is 0.500. The predicted molar refractivity (Wildman–Crippen MR) is 98.2 cm³/mol. The number of phenolic OH excluding ortho intramolecular Hbond substituents is 1. The third-order valence-electron chi connectivity index (χ3n) is 4.93. The molecule has 1 aliphatic rings. The highest BCUT2D eigenvalue weighted by Crippen LogP contribution is 2.28. The average Bonchev–Trinajstić information content (AvgIpc) is 2.61. The van der Waals surface area contributed by atoms with E-state index >= 15 is 0 Å². The van der Waals surface area contributed by atoms with Gasteiger partial charge in [0, 0.05) is 30.6 Å². The van der Waals surface area contributed by atoms with Crippen molar-refractivity contribution < 1.29 is 19.1 Å². The molecule has 1 N–H and O–H groups in total. The first-order valence-corrected chi connectivity index (χ1v) is 9.19. The van der Waals surface area contributed by atoms with Crippen molar-refractivity contribution in [1.29, 1.82) is 0 Å². The minimum absolute atomic E-state index is 0.120. The summed E-state index contributed by atoms with van der Waals surface area (Å²) in [5.74, 6) is -0.126.